The molecule has 6 heteroatoms. The molecule has 0 heterocycles. The zero-order valence-electron chi connectivity index (χ0n) is 9.20. The summed E-state index contributed by atoms with van der Waals surface area (Å²) in [5.41, 5.74) is -2.89. The van der Waals surface area contributed by atoms with Gasteiger partial charge in [-0.15, -0.1) is 0 Å². The Labute approximate surface area is 94.9 Å². The molecule has 1 aromatic carbocycles. The van der Waals surface area contributed by atoms with Crippen LogP contribution in [0.5, 0.6) is 5.75 Å². The van der Waals surface area contributed by atoms with Crippen molar-refractivity contribution < 1.29 is 27.1 Å². The Balaban J connectivity index is 3.42. The van der Waals surface area contributed by atoms with Gasteiger partial charge in [0.1, 0.15) is 0 Å². The molecule has 17 heavy (non-hydrogen) atoms. The second kappa shape index (κ2) is 4.16. The second-order valence-corrected chi connectivity index (χ2v) is 3.97. The minimum Gasteiger partial charge on any atom is -0.503 e. The van der Waals surface area contributed by atoms with Gasteiger partial charge in [-0.25, -0.2) is 8.78 Å². The van der Waals surface area contributed by atoms with Crippen LogP contribution >= 0.6 is 0 Å². The van der Waals surface area contributed by atoms with E-state index in [1.807, 2.05) is 0 Å². The van der Waals surface area contributed by atoms with Crippen molar-refractivity contribution in [3.05, 3.63) is 29.3 Å². The van der Waals surface area contributed by atoms with Crippen LogP contribution in [0, 0.1) is 11.6 Å². The molecule has 0 bridgehead atoms. The summed E-state index contributed by atoms with van der Waals surface area (Å²) in [6.07, 6.45) is -4.99. The number of phenolic OH excluding ortho intramolecular Hbond substituents is 1. The molecule has 1 N–H and O–H groups in total. The van der Waals surface area contributed by atoms with E-state index in [0.29, 0.717) is 12.1 Å². The van der Waals surface area contributed by atoms with Crippen molar-refractivity contribution >= 4 is 0 Å². The third kappa shape index (κ3) is 2.21. The van der Waals surface area contributed by atoms with Gasteiger partial charge >= 0.3 is 6.18 Å². The molecule has 0 aliphatic rings. The molecule has 1 aromatic rings. The molecule has 0 aromatic heterocycles. The fourth-order valence-electron chi connectivity index (χ4n) is 1.45. The molecular weight excluding hydrogens is 243 g/mol. The zero-order valence-corrected chi connectivity index (χ0v) is 9.20. The number of benzene rings is 1. The summed E-state index contributed by atoms with van der Waals surface area (Å²) in [6, 6.07) is 1.02. The standard InChI is InChI=1S/C11H11F5O/c1-3-10(2,11(14,15)16)6-4-7(12)9(17)8(13)5-6/h4-5,17H,3H2,1-2H3. The van der Waals surface area contributed by atoms with Crippen molar-refractivity contribution in [3.63, 3.8) is 0 Å². The summed E-state index contributed by atoms with van der Waals surface area (Å²) in [5, 5.41) is 8.84. The minimum atomic E-state index is -4.63. The van der Waals surface area contributed by atoms with E-state index in [0.717, 1.165) is 6.92 Å². The van der Waals surface area contributed by atoms with Gasteiger partial charge in [0.05, 0.1) is 5.41 Å². The van der Waals surface area contributed by atoms with Crippen LogP contribution in [0.1, 0.15) is 25.8 Å². The first-order valence-electron chi connectivity index (χ1n) is 4.88. The maximum absolute atomic E-state index is 13.0. The highest BCUT2D eigenvalue weighted by Crippen LogP contribution is 2.44. The Morgan fingerprint density at radius 3 is 1.82 bits per heavy atom. The van der Waals surface area contributed by atoms with Crippen LogP contribution in [-0.2, 0) is 5.41 Å². The highest BCUT2D eigenvalue weighted by Gasteiger charge is 2.51. The largest absolute Gasteiger partial charge is 0.503 e. The molecular formula is C11H11F5O. The quantitative estimate of drug-likeness (QED) is 0.793. The van der Waals surface area contributed by atoms with Crippen LogP contribution in [0.15, 0.2) is 12.1 Å². The SMILES string of the molecule is CCC(C)(c1cc(F)c(O)c(F)c1)C(F)(F)F. The molecule has 0 aliphatic carbocycles. The summed E-state index contributed by atoms with van der Waals surface area (Å²) in [5.74, 6) is -4.07. The van der Waals surface area contributed by atoms with E-state index in [1.54, 1.807) is 0 Å². The molecule has 0 saturated carbocycles. The van der Waals surface area contributed by atoms with Crippen molar-refractivity contribution in [2.24, 2.45) is 0 Å². The lowest BCUT2D eigenvalue weighted by atomic mass is 9.79. The highest BCUT2D eigenvalue weighted by atomic mass is 19.4. The van der Waals surface area contributed by atoms with E-state index >= 15 is 0 Å². The van der Waals surface area contributed by atoms with E-state index in [2.05, 4.69) is 0 Å². The average molecular weight is 254 g/mol. The monoisotopic (exact) mass is 254 g/mol. The summed E-state index contributed by atoms with van der Waals surface area (Å²) < 4.78 is 64.6. The van der Waals surface area contributed by atoms with Crippen LogP contribution in [0.25, 0.3) is 0 Å². The van der Waals surface area contributed by atoms with Gasteiger partial charge in [0.2, 0.25) is 0 Å². The summed E-state index contributed by atoms with van der Waals surface area (Å²) in [7, 11) is 0. The molecule has 0 radical (unpaired) electrons. The number of phenols is 1. The molecule has 1 atom stereocenters. The fourth-order valence-corrected chi connectivity index (χ4v) is 1.45. The maximum Gasteiger partial charge on any atom is 0.398 e. The van der Waals surface area contributed by atoms with Gasteiger partial charge in [-0.05, 0) is 31.0 Å². The van der Waals surface area contributed by atoms with E-state index in [4.69, 9.17) is 5.11 Å². The third-order valence-corrected chi connectivity index (χ3v) is 2.99. The second-order valence-electron chi connectivity index (χ2n) is 3.97. The van der Waals surface area contributed by atoms with Gasteiger partial charge in [0.25, 0.3) is 0 Å². The first kappa shape index (κ1) is 13.7. The van der Waals surface area contributed by atoms with Gasteiger partial charge < -0.3 is 5.11 Å². The Hall–Kier alpha value is -1.33. The van der Waals surface area contributed by atoms with Crippen molar-refractivity contribution in [3.8, 4) is 5.75 Å². The van der Waals surface area contributed by atoms with Crippen LogP contribution in [0.3, 0.4) is 0 Å². The molecule has 1 rings (SSSR count). The molecule has 0 saturated heterocycles. The molecule has 0 spiro atoms. The minimum absolute atomic E-state index is 0.361. The smallest absolute Gasteiger partial charge is 0.398 e. The van der Waals surface area contributed by atoms with Gasteiger partial charge in [0.15, 0.2) is 17.4 Å². The van der Waals surface area contributed by atoms with E-state index in [9.17, 15) is 22.0 Å². The number of hydrogen-bond acceptors (Lipinski definition) is 1. The summed E-state index contributed by atoms with van der Waals surface area (Å²) >= 11 is 0. The molecule has 1 nitrogen and oxygen atoms in total. The average Bonchev–Trinajstić information content (AvgIpc) is 2.22. The first-order chi connectivity index (χ1) is 7.63. The predicted molar refractivity (Wildman–Crippen MR) is 51.7 cm³/mol. The Morgan fingerprint density at radius 1 is 1.12 bits per heavy atom. The fraction of sp³-hybridized carbons (Fsp3) is 0.455. The molecule has 96 valence electrons. The van der Waals surface area contributed by atoms with Gasteiger partial charge in [-0.3, -0.25) is 0 Å². The normalized spacial score (nSPS) is 15.7. The van der Waals surface area contributed by atoms with E-state index in [-0.39, 0.29) is 6.42 Å². The van der Waals surface area contributed by atoms with Crippen molar-refractivity contribution in [2.45, 2.75) is 31.9 Å². The number of hydrogen-bond donors (Lipinski definition) is 1. The Morgan fingerprint density at radius 2 is 1.53 bits per heavy atom. The number of aromatic hydroxyl groups is 1. The van der Waals surface area contributed by atoms with E-state index in [1.165, 1.54) is 6.92 Å². The Bertz CT molecular complexity index is 403. The maximum atomic E-state index is 13.0. The van der Waals surface area contributed by atoms with Crippen molar-refractivity contribution in [1.29, 1.82) is 0 Å². The van der Waals surface area contributed by atoms with Gasteiger partial charge in [-0.2, -0.15) is 13.2 Å². The lowest BCUT2D eigenvalue weighted by Gasteiger charge is -2.31. The molecule has 0 aliphatic heterocycles. The Kier molecular flexibility index (Phi) is 3.36. The van der Waals surface area contributed by atoms with Crippen LogP contribution < -0.4 is 0 Å². The van der Waals surface area contributed by atoms with E-state index < -0.39 is 34.5 Å². The molecule has 0 fully saturated rings. The van der Waals surface area contributed by atoms with Crippen LogP contribution in [0.2, 0.25) is 0 Å². The molecule has 1 unspecified atom stereocenters. The summed E-state index contributed by atoms with van der Waals surface area (Å²) in [6.45, 7) is 2.13. The number of alkyl halides is 3. The zero-order chi connectivity index (χ0) is 13.4. The van der Waals surface area contributed by atoms with Crippen molar-refractivity contribution in [2.75, 3.05) is 0 Å². The van der Waals surface area contributed by atoms with Crippen LogP contribution in [0.4, 0.5) is 22.0 Å². The predicted octanol–water partition coefficient (Wildman–Crippen LogP) is 3.90. The third-order valence-electron chi connectivity index (χ3n) is 2.99. The first-order valence-corrected chi connectivity index (χ1v) is 4.88. The van der Waals surface area contributed by atoms with Gasteiger partial charge in [-0.1, -0.05) is 6.92 Å². The lowest BCUT2D eigenvalue weighted by molar-refractivity contribution is -0.186. The van der Waals surface area contributed by atoms with Gasteiger partial charge in [0, 0.05) is 0 Å². The van der Waals surface area contributed by atoms with Crippen LogP contribution in [-0.4, -0.2) is 11.3 Å². The summed E-state index contributed by atoms with van der Waals surface area (Å²) in [4.78, 5) is 0. The topological polar surface area (TPSA) is 20.2 Å². The number of halogens is 5. The highest BCUT2D eigenvalue weighted by molar-refractivity contribution is 5.35. The molecule has 0 amide bonds. The van der Waals surface area contributed by atoms with Crippen molar-refractivity contribution in [1.82, 2.24) is 0 Å². The number of rotatable bonds is 2. The lowest BCUT2D eigenvalue weighted by Crippen LogP contribution is -2.39.